The highest BCUT2D eigenvalue weighted by Crippen LogP contribution is 2.38. The molecule has 34 heavy (non-hydrogen) atoms. The summed E-state index contributed by atoms with van der Waals surface area (Å²) in [6.45, 7) is 0.278. The highest BCUT2D eigenvalue weighted by Gasteiger charge is 2.39. The van der Waals surface area contributed by atoms with Crippen molar-refractivity contribution < 1.29 is 30.4 Å². The second-order valence-electron chi connectivity index (χ2n) is 8.04. The summed E-state index contributed by atoms with van der Waals surface area (Å²) in [5.74, 6) is -0.289. The summed E-state index contributed by atoms with van der Waals surface area (Å²) in [5.41, 5.74) is 1.42. The second kappa shape index (κ2) is 8.21. The highest BCUT2D eigenvalue weighted by molar-refractivity contribution is 7.89. The van der Waals surface area contributed by atoms with Crippen molar-refractivity contribution in [2.75, 3.05) is 6.54 Å². The Kier molecular flexibility index (Phi) is 5.44. The zero-order valence-corrected chi connectivity index (χ0v) is 18.4. The van der Waals surface area contributed by atoms with Gasteiger partial charge < -0.3 is 4.42 Å². The summed E-state index contributed by atoms with van der Waals surface area (Å²) in [7, 11) is -3.88. The Labute approximate surface area is 192 Å². The number of oxazole rings is 1. The minimum Gasteiger partial charge on any atom is -0.439 e. The number of halogens is 4. The maximum atomic E-state index is 13.3. The van der Waals surface area contributed by atoms with Gasteiger partial charge in [0.25, 0.3) is 0 Å². The molecule has 1 fully saturated rings. The van der Waals surface area contributed by atoms with E-state index in [4.69, 9.17) is 4.42 Å². The molecule has 176 valence electrons. The van der Waals surface area contributed by atoms with Gasteiger partial charge in [0.1, 0.15) is 17.4 Å². The monoisotopic (exact) mass is 490 g/mol. The van der Waals surface area contributed by atoms with Crippen LogP contribution in [0.5, 0.6) is 0 Å². The topological polar surface area (TPSA) is 63.4 Å². The number of benzene rings is 3. The minimum absolute atomic E-state index is 0.0125. The van der Waals surface area contributed by atoms with E-state index in [0.29, 0.717) is 35.1 Å². The van der Waals surface area contributed by atoms with E-state index in [-0.39, 0.29) is 17.3 Å². The Hall–Kier alpha value is -3.24. The fourth-order valence-corrected chi connectivity index (χ4v) is 5.79. The van der Waals surface area contributed by atoms with Gasteiger partial charge in [0.15, 0.2) is 5.58 Å². The molecule has 0 aliphatic carbocycles. The number of fused-ring (bicyclic) bond motifs is 1. The molecule has 5 nitrogen and oxygen atoms in total. The van der Waals surface area contributed by atoms with Crippen molar-refractivity contribution in [3.05, 3.63) is 84.0 Å². The summed E-state index contributed by atoms with van der Waals surface area (Å²) in [6, 6.07) is 13.9. The zero-order chi connectivity index (χ0) is 24.1. The van der Waals surface area contributed by atoms with Gasteiger partial charge in [-0.25, -0.2) is 17.8 Å². The SMILES string of the molecule is O=S(=O)(c1ccc(F)cc1)N1CCC[C@@H]1c1nc2cc(-c3ccc(C(F)(F)F)cc3)ccc2o1. The van der Waals surface area contributed by atoms with E-state index in [0.717, 1.165) is 24.3 Å². The molecule has 5 rings (SSSR count). The third kappa shape index (κ3) is 4.07. The lowest BCUT2D eigenvalue weighted by Crippen LogP contribution is -2.30. The molecule has 10 heteroatoms. The van der Waals surface area contributed by atoms with Crippen LogP contribution in [0, 0.1) is 5.82 Å². The van der Waals surface area contributed by atoms with Gasteiger partial charge in [-0.05, 0) is 72.5 Å². The smallest absolute Gasteiger partial charge is 0.416 e. The Morgan fingerprint density at radius 2 is 1.62 bits per heavy atom. The van der Waals surface area contributed by atoms with Crippen LogP contribution in [0.15, 0.2) is 76.0 Å². The average molecular weight is 490 g/mol. The number of hydrogen-bond acceptors (Lipinski definition) is 4. The normalized spacial score (nSPS) is 17.5. The van der Waals surface area contributed by atoms with E-state index in [1.54, 1.807) is 18.2 Å². The predicted octanol–water partition coefficient (Wildman–Crippen LogP) is 6.18. The number of sulfonamides is 1. The third-order valence-corrected chi connectivity index (χ3v) is 7.78. The van der Waals surface area contributed by atoms with Gasteiger partial charge in [0, 0.05) is 6.54 Å². The van der Waals surface area contributed by atoms with E-state index < -0.39 is 33.6 Å². The highest BCUT2D eigenvalue weighted by atomic mass is 32.2. The van der Waals surface area contributed by atoms with Crippen LogP contribution in [0.4, 0.5) is 17.6 Å². The van der Waals surface area contributed by atoms with Gasteiger partial charge in [-0.2, -0.15) is 17.5 Å². The quantitative estimate of drug-likeness (QED) is 0.321. The molecule has 0 unspecified atom stereocenters. The number of hydrogen-bond donors (Lipinski definition) is 0. The molecule has 0 amide bonds. The van der Waals surface area contributed by atoms with Crippen molar-refractivity contribution in [3.8, 4) is 11.1 Å². The maximum Gasteiger partial charge on any atom is 0.416 e. The molecular formula is C24H18F4N2O3S. The van der Waals surface area contributed by atoms with Gasteiger partial charge >= 0.3 is 6.18 Å². The molecule has 0 N–H and O–H groups in total. The van der Waals surface area contributed by atoms with Crippen molar-refractivity contribution in [1.29, 1.82) is 0 Å². The first kappa shape index (κ1) is 22.5. The van der Waals surface area contributed by atoms with Crippen molar-refractivity contribution in [2.45, 2.75) is 30.0 Å². The summed E-state index contributed by atoms with van der Waals surface area (Å²) < 4.78 is 85.2. The van der Waals surface area contributed by atoms with Gasteiger partial charge in [-0.1, -0.05) is 18.2 Å². The first-order valence-electron chi connectivity index (χ1n) is 10.5. The lowest BCUT2D eigenvalue weighted by molar-refractivity contribution is -0.137. The zero-order valence-electron chi connectivity index (χ0n) is 17.6. The molecule has 1 aliphatic heterocycles. The van der Waals surface area contributed by atoms with Crippen LogP contribution in [-0.2, 0) is 16.2 Å². The molecular weight excluding hydrogens is 472 g/mol. The van der Waals surface area contributed by atoms with E-state index in [1.165, 1.54) is 28.6 Å². The fraction of sp³-hybridized carbons (Fsp3) is 0.208. The van der Waals surface area contributed by atoms with Crippen molar-refractivity contribution in [3.63, 3.8) is 0 Å². The standard InChI is InChI=1S/C24H18F4N2O3S/c25-18-8-10-19(11-9-18)34(31,32)30-13-1-2-21(30)23-29-20-14-16(5-12-22(20)33-23)15-3-6-17(7-4-15)24(26,27)28/h3-12,14,21H,1-2,13H2/t21-/m1/s1. The van der Waals surface area contributed by atoms with Crippen LogP contribution in [-0.4, -0.2) is 24.3 Å². The fourth-order valence-electron chi connectivity index (χ4n) is 4.14. The minimum atomic E-state index is -4.41. The largest absolute Gasteiger partial charge is 0.439 e. The van der Waals surface area contributed by atoms with Crippen molar-refractivity contribution in [2.24, 2.45) is 0 Å². The molecule has 2 heterocycles. The van der Waals surface area contributed by atoms with Crippen LogP contribution in [0.1, 0.15) is 30.3 Å². The number of nitrogens with zero attached hydrogens (tertiary/aromatic N) is 2. The van der Waals surface area contributed by atoms with Gasteiger partial charge in [-0.3, -0.25) is 0 Å². The molecule has 0 bridgehead atoms. The third-order valence-electron chi connectivity index (χ3n) is 5.86. The van der Waals surface area contributed by atoms with Crippen LogP contribution >= 0.6 is 0 Å². The molecule has 0 saturated carbocycles. The second-order valence-corrected chi connectivity index (χ2v) is 9.93. The summed E-state index contributed by atoms with van der Waals surface area (Å²) >= 11 is 0. The Morgan fingerprint density at radius 1 is 0.941 bits per heavy atom. The molecule has 4 aromatic rings. The van der Waals surface area contributed by atoms with Gasteiger partial charge in [0.2, 0.25) is 15.9 Å². The van der Waals surface area contributed by atoms with Gasteiger partial charge in [-0.15, -0.1) is 0 Å². The maximum absolute atomic E-state index is 13.3. The Balaban J connectivity index is 1.46. The van der Waals surface area contributed by atoms with E-state index in [1.807, 2.05) is 0 Å². The number of rotatable bonds is 4. The van der Waals surface area contributed by atoms with Gasteiger partial charge in [0.05, 0.1) is 10.5 Å². The summed E-state index contributed by atoms with van der Waals surface area (Å²) in [5, 5.41) is 0. The van der Waals surface area contributed by atoms with Crippen LogP contribution < -0.4 is 0 Å². The number of aromatic nitrogens is 1. The molecule has 1 atom stereocenters. The van der Waals surface area contributed by atoms with Crippen molar-refractivity contribution in [1.82, 2.24) is 9.29 Å². The molecule has 1 aliphatic rings. The van der Waals surface area contributed by atoms with Crippen LogP contribution in [0.25, 0.3) is 22.2 Å². The lowest BCUT2D eigenvalue weighted by Gasteiger charge is -2.21. The van der Waals surface area contributed by atoms with E-state index >= 15 is 0 Å². The molecule has 0 spiro atoms. The average Bonchev–Trinajstić information content (AvgIpc) is 3.46. The number of alkyl halides is 3. The van der Waals surface area contributed by atoms with Crippen LogP contribution in [0.3, 0.4) is 0 Å². The first-order valence-corrected chi connectivity index (χ1v) is 11.9. The van der Waals surface area contributed by atoms with E-state index in [9.17, 15) is 26.0 Å². The molecule has 1 aromatic heterocycles. The predicted molar refractivity (Wildman–Crippen MR) is 117 cm³/mol. The Bertz CT molecular complexity index is 1450. The Morgan fingerprint density at radius 3 is 2.29 bits per heavy atom. The molecule has 1 saturated heterocycles. The first-order chi connectivity index (χ1) is 16.1. The lowest BCUT2D eigenvalue weighted by atomic mass is 10.0. The van der Waals surface area contributed by atoms with Crippen molar-refractivity contribution >= 4 is 21.1 Å². The summed E-state index contributed by atoms with van der Waals surface area (Å²) in [4.78, 5) is 4.48. The van der Waals surface area contributed by atoms with E-state index in [2.05, 4.69) is 4.98 Å². The van der Waals surface area contributed by atoms with Crippen LogP contribution in [0.2, 0.25) is 0 Å². The molecule has 3 aromatic carbocycles. The molecule has 0 radical (unpaired) electrons. The summed E-state index contributed by atoms with van der Waals surface area (Å²) in [6.07, 6.45) is -3.29.